The fraction of sp³-hybridized carbons (Fsp3) is 0.500. The average molecular weight is 173 g/mol. The molecule has 1 nitrogen and oxygen atoms in total. The van der Waals surface area contributed by atoms with E-state index in [9.17, 15) is 0 Å². The first kappa shape index (κ1) is 7.57. The Bertz CT molecular complexity index is 309. The minimum Gasteiger partial charge on any atom is -0.306 e. The van der Waals surface area contributed by atoms with E-state index >= 15 is 0 Å². The molecule has 2 aliphatic carbocycles. The molecule has 13 heavy (non-hydrogen) atoms. The van der Waals surface area contributed by atoms with Gasteiger partial charge in [-0.05, 0) is 30.8 Å². The summed E-state index contributed by atoms with van der Waals surface area (Å²) in [7, 11) is 0. The van der Waals surface area contributed by atoms with E-state index in [1.54, 1.807) is 11.1 Å². The lowest BCUT2D eigenvalue weighted by molar-refractivity contribution is 0.497. The van der Waals surface area contributed by atoms with Gasteiger partial charge in [0, 0.05) is 6.54 Å². The van der Waals surface area contributed by atoms with Crippen LogP contribution in [-0.4, -0.2) is 12.6 Å². The Labute approximate surface area is 79.2 Å². The van der Waals surface area contributed by atoms with E-state index in [1.165, 1.54) is 25.8 Å². The average Bonchev–Trinajstić information content (AvgIpc) is 2.65. The Morgan fingerprint density at radius 1 is 1.31 bits per heavy atom. The fourth-order valence-electron chi connectivity index (χ4n) is 2.82. The summed E-state index contributed by atoms with van der Waals surface area (Å²) < 4.78 is 0. The van der Waals surface area contributed by atoms with Crippen molar-refractivity contribution in [2.24, 2.45) is 5.92 Å². The van der Waals surface area contributed by atoms with Crippen molar-refractivity contribution in [3.8, 4) is 0 Å². The lowest BCUT2D eigenvalue weighted by Gasteiger charge is -2.30. The fourth-order valence-corrected chi connectivity index (χ4v) is 2.82. The van der Waals surface area contributed by atoms with E-state index in [0.29, 0.717) is 6.04 Å². The first-order valence-electron chi connectivity index (χ1n) is 5.26. The van der Waals surface area contributed by atoms with E-state index in [2.05, 4.69) is 29.6 Å². The van der Waals surface area contributed by atoms with Crippen LogP contribution in [-0.2, 0) is 0 Å². The number of nitrogens with one attached hydrogen (secondary N) is 1. The molecule has 2 unspecified atom stereocenters. The monoisotopic (exact) mass is 173 g/mol. The van der Waals surface area contributed by atoms with E-state index in [-0.39, 0.29) is 0 Å². The van der Waals surface area contributed by atoms with Crippen LogP contribution in [0.1, 0.15) is 19.3 Å². The van der Waals surface area contributed by atoms with Crippen LogP contribution in [0, 0.1) is 5.92 Å². The molecule has 2 atom stereocenters. The van der Waals surface area contributed by atoms with Gasteiger partial charge in [-0.2, -0.15) is 0 Å². The highest BCUT2D eigenvalue weighted by molar-refractivity contribution is 5.43. The van der Waals surface area contributed by atoms with Crippen LogP contribution < -0.4 is 5.32 Å². The molecular weight excluding hydrogens is 158 g/mol. The summed E-state index contributed by atoms with van der Waals surface area (Å²) in [5, 5.41) is 3.60. The van der Waals surface area contributed by atoms with Crippen molar-refractivity contribution in [3.05, 3.63) is 35.5 Å². The molecule has 1 N–H and O–H groups in total. The van der Waals surface area contributed by atoms with Crippen LogP contribution in [0.2, 0.25) is 0 Å². The van der Waals surface area contributed by atoms with Crippen LogP contribution in [0.25, 0.3) is 0 Å². The third-order valence-corrected chi connectivity index (χ3v) is 3.47. The van der Waals surface area contributed by atoms with Crippen LogP contribution in [0.4, 0.5) is 0 Å². The summed E-state index contributed by atoms with van der Waals surface area (Å²) >= 11 is 0. The van der Waals surface area contributed by atoms with Gasteiger partial charge in [-0.1, -0.05) is 29.9 Å². The van der Waals surface area contributed by atoms with Crippen molar-refractivity contribution in [2.75, 3.05) is 6.54 Å². The Morgan fingerprint density at radius 2 is 2.31 bits per heavy atom. The van der Waals surface area contributed by atoms with Gasteiger partial charge in [0.05, 0.1) is 6.04 Å². The molecule has 0 aromatic heterocycles. The van der Waals surface area contributed by atoms with Gasteiger partial charge in [0.25, 0.3) is 0 Å². The van der Waals surface area contributed by atoms with Crippen LogP contribution in [0.15, 0.2) is 35.5 Å². The molecule has 0 amide bonds. The summed E-state index contributed by atoms with van der Waals surface area (Å²) in [4.78, 5) is 0. The molecule has 0 spiro atoms. The quantitative estimate of drug-likeness (QED) is 0.592. The maximum absolute atomic E-state index is 3.60. The van der Waals surface area contributed by atoms with Crippen LogP contribution in [0.5, 0.6) is 0 Å². The van der Waals surface area contributed by atoms with Crippen LogP contribution >= 0.6 is 0 Å². The molecule has 3 aliphatic rings. The van der Waals surface area contributed by atoms with E-state index in [0.717, 1.165) is 5.92 Å². The summed E-state index contributed by atoms with van der Waals surface area (Å²) in [6.45, 7) is 1.20. The Morgan fingerprint density at radius 3 is 3.31 bits per heavy atom. The lowest BCUT2D eigenvalue weighted by atomic mass is 9.87. The van der Waals surface area contributed by atoms with Crippen molar-refractivity contribution >= 4 is 0 Å². The van der Waals surface area contributed by atoms with E-state index in [4.69, 9.17) is 0 Å². The van der Waals surface area contributed by atoms with Gasteiger partial charge in [-0.15, -0.1) is 0 Å². The molecule has 1 fully saturated rings. The van der Waals surface area contributed by atoms with Crippen molar-refractivity contribution in [3.63, 3.8) is 0 Å². The molecule has 0 bridgehead atoms. The van der Waals surface area contributed by atoms with Gasteiger partial charge in [0.15, 0.2) is 0 Å². The number of allylic oxidation sites excluding steroid dienone is 2. The third kappa shape index (κ3) is 1.11. The third-order valence-electron chi connectivity index (χ3n) is 3.47. The van der Waals surface area contributed by atoms with Gasteiger partial charge >= 0.3 is 0 Å². The maximum Gasteiger partial charge on any atom is 0.0509 e. The molecule has 0 radical (unpaired) electrons. The second kappa shape index (κ2) is 2.85. The molecule has 0 aromatic rings. The van der Waals surface area contributed by atoms with Gasteiger partial charge < -0.3 is 5.32 Å². The second-order valence-corrected chi connectivity index (χ2v) is 4.20. The zero-order valence-corrected chi connectivity index (χ0v) is 7.79. The highest BCUT2D eigenvalue weighted by Crippen LogP contribution is 2.37. The highest BCUT2D eigenvalue weighted by Gasteiger charge is 2.30. The lowest BCUT2D eigenvalue weighted by Crippen LogP contribution is -2.38. The summed E-state index contributed by atoms with van der Waals surface area (Å²) in [6.07, 6.45) is 13.0. The molecule has 1 heteroatoms. The van der Waals surface area contributed by atoms with Gasteiger partial charge in [0.1, 0.15) is 0 Å². The topological polar surface area (TPSA) is 12.0 Å². The van der Waals surface area contributed by atoms with Crippen molar-refractivity contribution in [1.29, 1.82) is 0 Å². The minimum atomic E-state index is 0.523. The largest absolute Gasteiger partial charge is 0.306 e. The minimum absolute atomic E-state index is 0.523. The summed E-state index contributed by atoms with van der Waals surface area (Å²) in [5.41, 5.74) is 3.31. The number of rotatable bonds is 0. The van der Waals surface area contributed by atoms with Crippen molar-refractivity contribution in [2.45, 2.75) is 25.3 Å². The second-order valence-electron chi connectivity index (χ2n) is 4.20. The molecule has 1 aliphatic heterocycles. The molecule has 1 heterocycles. The molecule has 3 rings (SSSR count). The molecule has 68 valence electrons. The first-order valence-corrected chi connectivity index (χ1v) is 5.26. The van der Waals surface area contributed by atoms with Gasteiger partial charge in [-0.25, -0.2) is 0 Å². The number of hydrogen-bond donors (Lipinski definition) is 1. The molecular formula is C12H15N. The van der Waals surface area contributed by atoms with E-state index in [1.807, 2.05) is 0 Å². The SMILES string of the molecule is C1=CC2=C3CCCC3CNC2C=C1. The predicted octanol–water partition coefficient (Wildman–Crippen LogP) is 2.18. The van der Waals surface area contributed by atoms with Gasteiger partial charge in [-0.3, -0.25) is 0 Å². The standard InChI is InChI=1S/C12H15N/c1-2-7-12-11(5-1)10-6-3-4-9(10)8-13-12/h1-2,5,7,9,12-13H,3-4,6,8H2. The summed E-state index contributed by atoms with van der Waals surface area (Å²) in [6, 6.07) is 0.523. The Hall–Kier alpha value is -0.820. The Balaban J connectivity index is 2.05. The first-order chi connectivity index (χ1) is 6.45. The highest BCUT2D eigenvalue weighted by atomic mass is 14.9. The normalized spacial score (nSPS) is 36.3. The molecule has 0 saturated heterocycles. The number of fused-ring (bicyclic) bond motifs is 2. The zero-order valence-electron chi connectivity index (χ0n) is 7.79. The van der Waals surface area contributed by atoms with E-state index < -0.39 is 0 Å². The Kier molecular flexibility index (Phi) is 1.66. The predicted molar refractivity (Wildman–Crippen MR) is 54.4 cm³/mol. The maximum atomic E-state index is 3.60. The van der Waals surface area contributed by atoms with Gasteiger partial charge in [0.2, 0.25) is 0 Å². The molecule has 0 aromatic carbocycles. The zero-order chi connectivity index (χ0) is 8.67. The molecule has 1 saturated carbocycles. The smallest absolute Gasteiger partial charge is 0.0509 e. The van der Waals surface area contributed by atoms with Crippen LogP contribution in [0.3, 0.4) is 0 Å². The number of hydrogen-bond acceptors (Lipinski definition) is 1. The summed E-state index contributed by atoms with van der Waals surface area (Å²) in [5.74, 6) is 0.849. The van der Waals surface area contributed by atoms with Crippen molar-refractivity contribution in [1.82, 2.24) is 5.32 Å². The van der Waals surface area contributed by atoms with Crippen molar-refractivity contribution < 1.29 is 0 Å².